The number of likely N-dealkylation sites (tertiary alicyclic amines) is 1. The van der Waals surface area contributed by atoms with Crippen molar-refractivity contribution < 1.29 is 43.0 Å². The Bertz CT molecular complexity index is 2030. The highest BCUT2D eigenvalue weighted by Crippen LogP contribution is 2.42. The number of carbonyl (C=O) groups excluding carboxylic acids is 7. The molecule has 1 aliphatic carbocycles. The van der Waals surface area contributed by atoms with E-state index in [0.717, 1.165) is 21.9 Å². The van der Waals surface area contributed by atoms with E-state index in [1.807, 2.05) is 56.5 Å². The van der Waals surface area contributed by atoms with Crippen LogP contribution >= 0.6 is 11.3 Å². The van der Waals surface area contributed by atoms with E-state index in [9.17, 15) is 33.6 Å². The molecule has 3 heterocycles. The average molecular weight is 934 g/mol. The minimum Gasteiger partial charge on any atom is -0.379 e. The molecule has 0 radical (unpaired) electrons. The smallest absolute Gasteiger partial charge is 0.253 e. The van der Waals surface area contributed by atoms with E-state index in [1.165, 1.54) is 35.5 Å². The fourth-order valence-corrected chi connectivity index (χ4v) is 10.3. The van der Waals surface area contributed by atoms with Crippen LogP contribution in [-0.2, 0) is 49.5 Å². The average Bonchev–Trinajstić information content (AvgIpc) is 3.61. The topological polar surface area (TPSA) is 211 Å². The van der Waals surface area contributed by atoms with Gasteiger partial charge in [-0.15, -0.1) is 11.3 Å². The number of ether oxygens (including phenoxy) is 2. The number of thiazole rings is 1. The summed E-state index contributed by atoms with van der Waals surface area (Å²) >= 11 is 1.48. The van der Waals surface area contributed by atoms with E-state index < -0.39 is 58.9 Å². The number of likely N-dealkylation sites (N-methyl/N-ethyl adjacent to an activating group) is 1. The molecule has 17 heteroatoms. The Kier molecular flexibility index (Phi) is 18.4. The number of unbranched alkanes of at least 4 members (excludes halogenated alkanes) is 2. The van der Waals surface area contributed by atoms with Crippen molar-refractivity contribution in [1.29, 1.82) is 0 Å². The van der Waals surface area contributed by atoms with Crippen LogP contribution in [0.25, 0.3) is 0 Å². The van der Waals surface area contributed by atoms with Gasteiger partial charge in [-0.3, -0.25) is 38.5 Å². The quantitative estimate of drug-likeness (QED) is 0.0679. The summed E-state index contributed by atoms with van der Waals surface area (Å²) in [6.07, 6.45) is 7.71. The summed E-state index contributed by atoms with van der Waals surface area (Å²) in [4.78, 5) is 104. The van der Waals surface area contributed by atoms with Crippen LogP contribution in [0.4, 0.5) is 0 Å². The number of rotatable bonds is 26. The lowest BCUT2D eigenvalue weighted by molar-refractivity contribution is -0.154. The van der Waals surface area contributed by atoms with E-state index in [1.54, 1.807) is 39.1 Å². The minimum absolute atomic E-state index is 0.0748. The molecule has 3 aliphatic rings. The maximum atomic E-state index is 14.8. The number of benzene rings is 1. The fraction of sp³-hybridized carbons (Fsp3) is 0.633. The largest absolute Gasteiger partial charge is 0.379 e. The fourth-order valence-electron chi connectivity index (χ4n) is 9.60. The molecule has 6 amide bonds. The molecule has 8 atom stereocenters. The van der Waals surface area contributed by atoms with Crippen LogP contribution in [0.5, 0.6) is 0 Å². The molecular formula is C49H71N7O9S. The molecule has 0 spiro atoms. The molecule has 362 valence electrons. The van der Waals surface area contributed by atoms with E-state index >= 15 is 0 Å². The van der Waals surface area contributed by atoms with E-state index in [-0.39, 0.29) is 60.9 Å². The molecule has 1 aromatic heterocycles. The van der Waals surface area contributed by atoms with Gasteiger partial charge in [0.25, 0.3) is 17.7 Å². The number of methoxy groups -OCH3 is 2. The number of hydrogen-bond donors (Lipinski definition) is 3. The normalized spacial score (nSPS) is 20.3. The van der Waals surface area contributed by atoms with Gasteiger partial charge >= 0.3 is 0 Å². The van der Waals surface area contributed by atoms with Gasteiger partial charge in [0.15, 0.2) is 11.3 Å². The van der Waals surface area contributed by atoms with Crippen molar-refractivity contribution in [3.05, 3.63) is 64.6 Å². The summed E-state index contributed by atoms with van der Waals surface area (Å²) in [5.41, 5.74) is 4.75. The van der Waals surface area contributed by atoms with Gasteiger partial charge in [0, 0.05) is 64.5 Å². The van der Waals surface area contributed by atoms with Crippen molar-refractivity contribution in [1.82, 2.24) is 30.3 Å². The first-order chi connectivity index (χ1) is 31.4. The maximum Gasteiger partial charge on any atom is 0.253 e. The molecule has 2 aliphatic heterocycles. The Hall–Kier alpha value is -4.84. The number of imide groups is 1. The standard InChI is InChI=1S/C49H71N7O9S/c1-9-32(4)42(54(6)47(63)49(50,31(2)3)46(62)48(23-24-48)53-38(57)20-14-11-15-26-56-39(58)21-22-40(56)59)37(64-7)30-41(60)55-27-16-19-36(55)43(65-8)33(5)44(61)52-35(45-51-25-28-66-45)29-34-17-12-10-13-18-34/h10,12-13,17-18,21-22,25,28,31-33,35-37,42-43H,9,11,14-16,19-20,23-24,26-27,29-30,50H2,1-8H3,(H,52,61)(H,53,57)/t32?,33?,35?,36-,37?,42?,43?,49?/m0/s1. The van der Waals surface area contributed by atoms with E-state index in [4.69, 9.17) is 15.2 Å². The van der Waals surface area contributed by atoms with Crippen LogP contribution in [0, 0.1) is 17.8 Å². The van der Waals surface area contributed by atoms with Gasteiger partial charge in [-0.1, -0.05) is 77.8 Å². The second-order valence-electron chi connectivity index (χ2n) is 18.6. The lowest BCUT2D eigenvalue weighted by Crippen LogP contribution is -2.70. The van der Waals surface area contributed by atoms with Crippen LogP contribution in [0.2, 0.25) is 0 Å². The number of Topliss-reactive ketones (excluding diaryl/α,β-unsaturated/α-hetero) is 1. The number of ketones is 1. The minimum atomic E-state index is -2.00. The molecule has 0 bridgehead atoms. The summed E-state index contributed by atoms with van der Waals surface area (Å²) in [6, 6.07) is 8.52. The number of aromatic nitrogens is 1. The second kappa shape index (κ2) is 23.3. The number of nitrogens with two attached hydrogens (primary N) is 1. The van der Waals surface area contributed by atoms with Crippen molar-refractivity contribution in [2.45, 2.75) is 147 Å². The molecule has 1 aromatic carbocycles. The third-order valence-corrected chi connectivity index (χ3v) is 14.9. The third-order valence-electron chi connectivity index (χ3n) is 14.0. The van der Waals surface area contributed by atoms with Gasteiger partial charge in [-0.2, -0.15) is 0 Å². The Morgan fingerprint density at radius 3 is 2.26 bits per heavy atom. The van der Waals surface area contributed by atoms with Gasteiger partial charge in [-0.25, -0.2) is 4.98 Å². The molecule has 16 nitrogen and oxygen atoms in total. The first kappa shape index (κ1) is 52.1. The molecular weight excluding hydrogens is 863 g/mol. The van der Waals surface area contributed by atoms with Crippen LogP contribution in [0.3, 0.4) is 0 Å². The van der Waals surface area contributed by atoms with Crippen molar-refractivity contribution in [2.24, 2.45) is 23.5 Å². The number of amides is 6. The highest BCUT2D eigenvalue weighted by molar-refractivity contribution is 7.09. The van der Waals surface area contributed by atoms with Crippen LogP contribution in [0.15, 0.2) is 54.1 Å². The van der Waals surface area contributed by atoms with Crippen molar-refractivity contribution >= 4 is 52.6 Å². The SMILES string of the molecule is CCC(C)C(C(CC(=O)N1CCC[C@H]1C(OC)C(C)C(=O)NC(Cc1ccccc1)c1nccs1)OC)N(C)C(=O)C(N)(C(=O)C1(NC(=O)CCCCCN2C(=O)C=CC2=O)CC1)C(C)C. The Morgan fingerprint density at radius 1 is 1.00 bits per heavy atom. The molecule has 2 fully saturated rings. The molecule has 4 N–H and O–H groups in total. The Morgan fingerprint density at radius 2 is 1.68 bits per heavy atom. The number of hydrogen-bond acceptors (Lipinski definition) is 12. The predicted molar refractivity (Wildman–Crippen MR) is 250 cm³/mol. The van der Waals surface area contributed by atoms with E-state index in [2.05, 4.69) is 15.6 Å². The monoisotopic (exact) mass is 934 g/mol. The lowest BCUT2D eigenvalue weighted by Gasteiger charge is -2.43. The maximum absolute atomic E-state index is 14.8. The predicted octanol–water partition coefficient (Wildman–Crippen LogP) is 4.52. The molecule has 2 aromatic rings. The van der Waals surface area contributed by atoms with Crippen LogP contribution in [0.1, 0.15) is 115 Å². The zero-order chi connectivity index (χ0) is 48.3. The number of carbonyl (C=O) groups is 7. The van der Waals surface area contributed by atoms with Gasteiger partial charge in [0.2, 0.25) is 17.7 Å². The summed E-state index contributed by atoms with van der Waals surface area (Å²) in [7, 11) is 4.67. The Labute approximate surface area is 393 Å². The molecule has 1 saturated carbocycles. The van der Waals surface area contributed by atoms with E-state index in [0.29, 0.717) is 57.9 Å². The zero-order valence-electron chi connectivity index (χ0n) is 40.0. The summed E-state index contributed by atoms with van der Waals surface area (Å²) in [5, 5.41) is 8.80. The van der Waals surface area contributed by atoms with Crippen molar-refractivity contribution in [2.75, 3.05) is 34.4 Å². The lowest BCUT2D eigenvalue weighted by atomic mass is 9.77. The zero-order valence-corrected chi connectivity index (χ0v) is 40.8. The van der Waals surface area contributed by atoms with Gasteiger partial charge in [-0.05, 0) is 62.3 Å². The third kappa shape index (κ3) is 12.0. The second-order valence-corrected chi connectivity index (χ2v) is 19.6. The highest BCUT2D eigenvalue weighted by Gasteiger charge is 2.62. The molecule has 66 heavy (non-hydrogen) atoms. The first-order valence-corrected chi connectivity index (χ1v) is 24.4. The highest BCUT2D eigenvalue weighted by atomic mass is 32.1. The summed E-state index contributed by atoms with van der Waals surface area (Å²) in [5.74, 6) is -4.05. The van der Waals surface area contributed by atoms with Crippen LogP contribution < -0.4 is 16.4 Å². The van der Waals surface area contributed by atoms with Crippen LogP contribution in [-0.4, -0.2) is 131 Å². The molecule has 5 rings (SSSR count). The van der Waals surface area contributed by atoms with Crippen molar-refractivity contribution in [3.63, 3.8) is 0 Å². The molecule has 7 unspecified atom stereocenters. The van der Waals surface area contributed by atoms with Gasteiger partial charge < -0.3 is 35.6 Å². The van der Waals surface area contributed by atoms with Gasteiger partial charge in [0.05, 0.1) is 42.7 Å². The van der Waals surface area contributed by atoms with Gasteiger partial charge in [0.1, 0.15) is 10.5 Å². The summed E-state index contributed by atoms with van der Waals surface area (Å²) in [6.45, 7) is 9.93. The Balaban J connectivity index is 1.24. The molecule has 1 saturated heterocycles. The number of nitrogens with one attached hydrogen (secondary N) is 2. The summed E-state index contributed by atoms with van der Waals surface area (Å²) < 4.78 is 12.1. The first-order valence-electron chi connectivity index (χ1n) is 23.5. The number of nitrogens with zero attached hydrogens (tertiary/aromatic N) is 4. The van der Waals surface area contributed by atoms with Crippen molar-refractivity contribution in [3.8, 4) is 0 Å².